The largest absolute Gasteiger partial charge is 0.480 e. The molecule has 132 valence electrons. The normalized spacial score (nSPS) is 11.4. The maximum Gasteiger partial charge on any atom is 0.317 e. The van der Waals surface area contributed by atoms with E-state index in [0.717, 1.165) is 49.1 Å². The molecule has 3 rings (SSSR count). The fraction of sp³-hybridized carbons (Fsp3) is 0.368. The number of hydrogen-bond donors (Lipinski definition) is 1. The lowest BCUT2D eigenvalue weighted by Gasteiger charge is -2.18. The summed E-state index contributed by atoms with van der Waals surface area (Å²) in [6.45, 7) is 2.24. The van der Waals surface area contributed by atoms with Gasteiger partial charge in [-0.2, -0.15) is 0 Å². The molecule has 0 aliphatic carbocycles. The number of unbranched alkanes of at least 4 members (excludes halogenated alkanes) is 2. The molecule has 6 nitrogen and oxygen atoms in total. The van der Waals surface area contributed by atoms with Gasteiger partial charge in [0.25, 0.3) is 0 Å². The first-order valence-corrected chi connectivity index (χ1v) is 8.59. The van der Waals surface area contributed by atoms with Crippen molar-refractivity contribution in [2.45, 2.75) is 32.4 Å². The average molecular weight is 341 g/mol. The fourth-order valence-corrected chi connectivity index (χ4v) is 3.01. The molecule has 1 aromatic carbocycles. The van der Waals surface area contributed by atoms with Gasteiger partial charge in [-0.3, -0.25) is 9.69 Å². The molecule has 0 spiro atoms. The van der Waals surface area contributed by atoms with E-state index in [1.54, 1.807) is 6.26 Å². The summed E-state index contributed by atoms with van der Waals surface area (Å²) >= 11 is 0. The van der Waals surface area contributed by atoms with Crippen molar-refractivity contribution in [2.24, 2.45) is 0 Å². The third kappa shape index (κ3) is 4.93. The number of rotatable bonds is 10. The van der Waals surface area contributed by atoms with Crippen molar-refractivity contribution in [3.8, 4) is 0 Å². The molecule has 1 N–H and O–H groups in total. The molecule has 0 amide bonds. The maximum atomic E-state index is 11.0. The summed E-state index contributed by atoms with van der Waals surface area (Å²) in [7, 11) is 0. The molecule has 0 aliphatic heterocycles. The number of fused-ring (bicyclic) bond motifs is 1. The first-order chi connectivity index (χ1) is 12.2. The summed E-state index contributed by atoms with van der Waals surface area (Å²) in [5, 5.41) is 9.06. The zero-order valence-corrected chi connectivity index (χ0v) is 14.2. The molecule has 2 heterocycles. The lowest BCUT2D eigenvalue weighted by molar-refractivity contribution is -0.138. The van der Waals surface area contributed by atoms with Gasteiger partial charge in [-0.15, -0.1) is 0 Å². The standard InChI is InChI=1S/C19H23N3O3/c23-19(24)14-21(13-16-7-6-12-25-16)10-4-1-5-11-22-15-20-17-8-2-3-9-18(17)22/h2-3,6-9,12,15H,1,4-5,10-11,13-14H2,(H,23,24). The first-order valence-electron chi connectivity index (χ1n) is 8.59. The Balaban J connectivity index is 1.43. The Morgan fingerprint density at radius 3 is 2.84 bits per heavy atom. The lowest BCUT2D eigenvalue weighted by atomic mass is 10.2. The van der Waals surface area contributed by atoms with Crippen molar-refractivity contribution in [3.05, 3.63) is 54.7 Å². The number of furan rings is 1. The van der Waals surface area contributed by atoms with Crippen LogP contribution in [-0.2, 0) is 17.9 Å². The van der Waals surface area contributed by atoms with E-state index in [1.807, 2.05) is 41.6 Å². The summed E-state index contributed by atoms with van der Waals surface area (Å²) in [6, 6.07) is 11.8. The number of aliphatic carboxylic acids is 1. The molecular formula is C19H23N3O3. The molecule has 0 atom stereocenters. The number of carboxylic acids is 1. The summed E-state index contributed by atoms with van der Waals surface area (Å²) in [5.41, 5.74) is 2.18. The van der Waals surface area contributed by atoms with E-state index >= 15 is 0 Å². The predicted molar refractivity (Wildman–Crippen MR) is 95.2 cm³/mol. The van der Waals surface area contributed by atoms with Crippen LogP contribution < -0.4 is 0 Å². The molecular weight excluding hydrogens is 318 g/mol. The molecule has 0 radical (unpaired) electrons. The number of imidazole rings is 1. The van der Waals surface area contributed by atoms with Crippen LogP contribution in [0.5, 0.6) is 0 Å². The minimum absolute atomic E-state index is 0.0346. The van der Waals surface area contributed by atoms with Crippen molar-refractivity contribution in [1.82, 2.24) is 14.5 Å². The van der Waals surface area contributed by atoms with Crippen molar-refractivity contribution < 1.29 is 14.3 Å². The molecule has 6 heteroatoms. The second-order valence-corrected chi connectivity index (χ2v) is 6.17. The Hall–Kier alpha value is -2.60. The molecule has 0 unspecified atom stereocenters. The van der Waals surface area contributed by atoms with E-state index in [4.69, 9.17) is 9.52 Å². The van der Waals surface area contributed by atoms with Crippen molar-refractivity contribution in [2.75, 3.05) is 13.1 Å². The van der Waals surface area contributed by atoms with Gasteiger partial charge in [-0.05, 0) is 43.7 Å². The highest BCUT2D eigenvalue weighted by molar-refractivity contribution is 5.74. The van der Waals surface area contributed by atoms with Crippen LogP contribution in [0.25, 0.3) is 11.0 Å². The summed E-state index contributed by atoms with van der Waals surface area (Å²) < 4.78 is 7.49. The highest BCUT2D eigenvalue weighted by Crippen LogP contribution is 2.13. The van der Waals surface area contributed by atoms with Crippen molar-refractivity contribution >= 4 is 17.0 Å². The second kappa shape index (κ2) is 8.48. The molecule has 0 fully saturated rings. The molecule has 3 aromatic rings. The summed E-state index contributed by atoms with van der Waals surface area (Å²) in [5.74, 6) is -0.0115. The maximum absolute atomic E-state index is 11.0. The van der Waals surface area contributed by atoms with Gasteiger partial charge >= 0.3 is 5.97 Å². The van der Waals surface area contributed by atoms with Gasteiger partial charge in [-0.1, -0.05) is 18.6 Å². The van der Waals surface area contributed by atoms with Crippen LogP contribution in [0.1, 0.15) is 25.0 Å². The van der Waals surface area contributed by atoms with E-state index in [-0.39, 0.29) is 6.54 Å². The highest BCUT2D eigenvalue weighted by Gasteiger charge is 2.11. The highest BCUT2D eigenvalue weighted by atomic mass is 16.4. The number of carbonyl (C=O) groups is 1. The molecule has 2 aromatic heterocycles. The molecule has 0 saturated heterocycles. The van der Waals surface area contributed by atoms with Gasteiger partial charge in [0, 0.05) is 6.54 Å². The van der Waals surface area contributed by atoms with E-state index in [0.29, 0.717) is 6.54 Å². The number of benzene rings is 1. The Morgan fingerprint density at radius 2 is 2.04 bits per heavy atom. The molecule has 0 bridgehead atoms. The van der Waals surface area contributed by atoms with Gasteiger partial charge in [0.15, 0.2) is 0 Å². The van der Waals surface area contributed by atoms with Crippen LogP contribution >= 0.6 is 0 Å². The molecule has 0 aliphatic rings. The smallest absolute Gasteiger partial charge is 0.317 e. The number of aromatic nitrogens is 2. The lowest BCUT2D eigenvalue weighted by Crippen LogP contribution is -2.30. The van der Waals surface area contributed by atoms with Crippen molar-refractivity contribution in [1.29, 1.82) is 0 Å². The van der Waals surface area contributed by atoms with Crippen LogP contribution in [0.15, 0.2) is 53.4 Å². The third-order valence-electron chi connectivity index (χ3n) is 4.22. The van der Waals surface area contributed by atoms with Crippen LogP contribution in [0.2, 0.25) is 0 Å². The van der Waals surface area contributed by atoms with E-state index < -0.39 is 5.97 Å². The van der Waals surface area contributed by atoms with E-state index in [1.165, 1.54) is 0 Å². The Kier molecular flexibility index (Phi) is 5.85. The minimum Gasteiger partial charge on any atom is -0.480 e. The van der Waals surface area contributed by atoms with E-state index in [2.05, 4.69) is 15.6 Å². The van der Waals surface area contributed by atoms with Crippen LogP contribution in [0.3, 0.4) is 0 Å². The van der Waals surface area contributed by atoms with E-state index in [9.17, 15) is 4.79 Å². The number of carboxylic acid groups (broad SMARTS) is 1. The Labute approximate surface area is 146 Å². The fourth-order valence-electron chi connectivity index (χ4n) is 3.01. The average Bonchev–Trinajstić information content (AvgIpc) is 3.24. The zero-order chi connectivity index (χ0) is 17.5. The predicted octanol–water partition coefficient (Wildman–Crippen LogP) is 3.39. The number of aryl methyl sites for hydroxylation is 1. The number of hydrogen-bond acceptors (Lipinski definition) is 4. The third-order valence-corrected chi connectivity index (χ3v) is 4.22. The van der Waals surface area contributed by atoms with Gasteiger partial charge in [0.1, 0.15) is 5.76 Å². The Morgan fingerprint density at radius 1 is 1.16 bits per heavy atom. The monoisotopic (exact) mass is 341 g/mol. The molecule has 0 saturated carbocycles. The quantitative estimate of drug-likeness (QED) is 0.572. The number of para-hydroxylation sites is 2. The second-order valence-electron chi connectivity index (χ2n) is 6.17. The van der Waals surface area contributed by atoms with Gasteiger partial charge in [0.05, 0.1) is 36.7 Å². The first kappa shape index (κ1) is 17.2. The summed E-state index contributed by atoms with van der Waals surface area (Å²) in [4.78, 5) is 17.3. The molecule has 25 heavy (non-hydrogen) atoms. The topological polar surface area (TPSA) is 71.5 Å². The SMILES string of the molecule is O=C(O)CN(CCCCCn1cnc2ccccc21)Cc1ccco1. The zero-order valence-electron chi connectivity index (χ0n) is 14.2. The van der Waals surface area contributed by atoms with Crippen LogP contribution in [-0.4, -0.2) is 38.6 Å². The van der Waals surface area contributed by atoms with Gasteiger partial charge < -0.3 is 14.1 Å². The van der Waals surface area contributed by atoms with Gasteiger partial charge in [0.2, 0.25) is 0 Å². The van der Waals surface area contributed by atoms with Crippen LogP contribution in [0.4, 0.5) is 0 Å². The number of nitrogens with zero attached hydrogens (tertiary/aromatic N) is 3. The van der Waals surface area contributed by atoms with Gasteiger partial charge in [-0.25, -0.2) is 4.98 Å². The summed E-state index contributed by atoms with van der Waals surface area (Å²) in [6.07, 6.45) is 6.55. The Bertz CT molecular complexity index is 795. The van der Waals surface area contributed by atoms with Crippen molar-refractivity contribution in [3.63, 3.8) is 0 Å². The minimum atomic E-state index is -0.809. The van der Waals surface area contributed by atoms with Crippen LogP contribution in [0, 0.1) is 0 Å².